The van der Waals surface area contributed by atoms with Gasteiger partial charge in [0.05, 0.1) is 27.2 Å². The van der Waals surface area contributed by atoms with Crippen molar-refractivity contribution in [1.82, 2.24) is 0 Å². The molecule has 0 aromatic rings. The van der Waals surface area contributed by atoms with Gasteiger partial charge in [0, 0.05) is 13.8 Å². The van der Waals surface area contributed by atoms with Crippen LogP contribution in [0.2, 0.25) is 0 Å². The van der Waals surface area contributed by atoms with Crippen molar-refractivity contribution in [3.05, 3.63) is 0 Å². The second kappa shape index (κ2) is 3.93. The zero-order valence-electron chi connectivity index (χ0n) is 11.0. The highest BCUT2D eigenvalue weighted by molar-refractivity contribution is 5.74. The Kier molecular flexibility index (Phi) is 2.88. The van der Waals surface area contributed by atoms with Crippen molar-refractivity contribution in [2.75, 3.05) is 53.4 Å². The summed E-state index contributed by atoms with van der Waals surface area (Å²) in [7, 11) is 4.61. The molecule has 90 valence electrons. The van der Waals surface area contributed by atoms with E-state index in [1.807, 2.05) is 0 Å². The van der Waals surface area contributed by atoms with Gasteiger partial charge in [-0.15, -0.1) is 0 Å². The first-order chi connectivity index (χ1) is 7.46. The molecule has 16 heavy (non-hydrogen) atoms. The fourth-order valence-corrected chi connectivity index (χ4v) is 2.52. The first-order valence-corrected chi connectivity index (χ1v) is 6.19. The van der Waals surface area contributed by atoms with Crippen LogP contribution in [0.1, 0.15) is 13.8 Å². The molecule has 2 heterocycles. The van der Waals surface area contributed by atoms with E-state index in [1.54, 1.807) is 0 Å². The van der Waals surface area contributed by atoms with Crippen molar-refractivity contribution in [2.24, 2.45) is 9.98 Å². The minimum atomic E-state index is 0.999. The van der Waals surface area contributed by atoms with E-state index in [9.17, 15) is 0 Å². The van der Waals surface area contributed by atoms with Gasteiger partial charge in [-0.1, -0.05) is 0 Å². The number of hydrogen-bond donors (Lipinski definition) is 0. The molecular formula is C12H24N4+2. The maximum absolute atomic E-state index is 4.53. The summed E-state index contributed by atoms with van der Waals surface area (Å²) in [6, 6.07) is 0. The summed E-state index contributed by atoms with van der Waals surface area (Å²) in [5.41, 5.74) is 0. The van der Waals surface area contributed by atoms with Crippen LogP contribution in [-0.2, 0) is 0 Å². The molecule has 0 spiro atoms. The SMILES string of the molecule is CC1=NCC[N+]1(C)CC[N+]1(C)CCN=C1C. The third-order valence-electron chi connectivity index (χ3n) is 4.52. The van der Waals surface area contributed by atoms with Crippen LogP contribution in [0.3, 0.4) is 0 Å². The van der Waals surface area contributed by atoms with E-state index in [0.29, 0.717) is 0 Å². The smallest absolute Gasteiger partial charge is 0.195 e. The average Bonchev–Trinajstić information content (AvgIpc) is 2.73. The second-order valence-electron chi connectivity index (χ2n) is 5.54. The van der Waals surface area contributed by atoms with E-state index in [2.05, 4.69) is 37.9 Å². The molecule has 4 nitrogen and oxygen atoms in total. The van der Waals surface area contributed by atoms with E-state index in [-0.39, 0.29) is 0 Å². The normalized spacial score (nSPS) is 38.8. The summed E-state index contributed by atoms with van der Waals surface area (Å²) in [5.74, 6) is 2.58. The number of aliphatic imine (C=N–C) groups is 2. The lowest BCUT2D eigenvalue weighted by Gasteiger charge is -2.34. The van der Waals surface area contributed by atoms with Gasteiger partial charge in [0.15, 0.2) is 11.7 Å². The van der Waals surface area contributed by atoms with Crippen molar-refractivity contribution < 1.29 is 8.97 Å². The molecule has 2 atom stereocenters. The predicted octanol–water partition coefficient (Wildman–Crippen LogP) is 0.744. The number of rotatable bonds is 3. The van der Waals surface area contributed by atoms with Gasteiger partial charge in [-0.3, -0.25) is 8.97 Å². The fourth-order valence-electron chi connectivity index (χ4n) is 2.52. The average molecular weight is 224 g/mol. The van der Waals surface area contributed by atoms with Crippen LogP contribution >= 0.6 is 0 Å². The molecule has 2 unspecified atom stereocenters. The summed E-state index contributed by atoms with van der Waals surface area (Å²) in [6.07, 6.45) is 0. The minimum absolute atomic E-state index is 0.999. The quantitative estimate of drug-likeness (QED) is 0.632. The number of likely N-dealkylation sites (N-methyl/N-ethyl adjacent to an activating group) is 2. The summed E-state index contributed by atoms with van der Waals surface area (Å²) >= 11 is 0. The number of hydrogen-bond acceptors (Lipinski definition) is 2. The van der Waals surface area contributed by atoms with Crippen LogP contribution in [0.5, 0.6) is 0 Å². The maximum atomic E-state index is 4.53. The molecule has 0 aliphatic carbocycles. The summed E-state index contributed by atoms with van der Waals surface area (Å²) in [5, 5.41) is 0. The Morgan fingerprint density at radius 2 is 1.25 bits per heavy atom. The number of amidine groups is 2. The molecule has 2 aliphatic heterocycles. The summed E-state index contributed by atoms with van der Waals surface area (Å²) in [6.45, 7) is 11.0. The first-order valence-electron chi connectivity index (χ1n) is 6.19. The van der Waals surface area contributed by atoms with E-state index in [1.165, 1.54) is 37.9 Å². The number of nitrogens with zero attached hydrogens (tertiary/aromatic N) is 4. The van der Waals surface area contributed by atoms with Crippen LogP contribution in [0.4, 0.5) is 0 Å². The van der Waals surface area contributed by atoms with Gasteiger partial charge >= 0.3 is 0 Å². The number of quaternary nitrogens is 2. The highest BCUT2D eigenvalue weighted by Crippen LogP contribution is 2.16. The van der Waals surface area contributed by atoms with E-state index in [0.717, 1.165) is 22.1 Å². The lowest BCUT2D eigenvalue weighted by Crippen LogP contribution is -2.56. The first kappa shape index (κ1) is 11.7. The molecule has 0 N–H and O–H groups in total. The lowest BCUT2D eigenvalue weighted by molar-refractivity contribution is -0.873. The molecule has 2 aliphatic rings. The molecule has 0 aromatic heterocycles. The Balaban J connectivity index is 1.98. The Hall–Kier alpha value is -0.740. The van der Waals surface area contributed by atoms with Gasteiger partial charge in [-0.05, 0) is 0 Å². The molecule has 2 rings (SSSR count). The van der Waals surface area contributed by atoms with Gasteiger partial charge in [0.2, 0.25) is 0 Å². The van der Waals surface area contributed by atoms with Crippen LogP contribution < -0.4 is 0 Å². The highest BCUT2D eigenvalue weighted by atomic mass is 15.5. The van der Waals surface area contributed by atoms with Gasteiger partial charge in [0.1, 0.15) is 26.2 Å². The van der Waals surface area contributed by atoms with Gasteiger partial charge in [-0.25, -0.2) is 9.98 Å². The van der Waals surface area contributed by atoms with E-state index >= 15 is 0 Å². The third-order valence-corrected chi connectivity index (χ3v) is 4.52. The Morgan fingerprint density at radius 3 is 1.50 bits per heavy atom. The van der Waals surface area contributed by atoms with E-state index in [4.69, 9.17) is 0 Å². The van der Waals surface area contributed by atoms with Gasteiger partial charge in [0.25, 0.3) is 0 Å². The molecule has 0 fully saturated rings. The van der Waals surface area contributed by atoms with Crippen molar-refractivity contribution in [3.63, 3.8) is 0 Å². The third kappa shape index (κ3) is 1.92. The second-order valence-corrected chi connectivity index (χ2v) is 5.54. The predicted molar refractivity (Wildman–Crippen MR) is 67.8 cm³/mol. The van der Waals surface area contributed by atoms with Crippen molar-refractivity contribution in [3.8, 4) is 0 Å². The molecule has 0 bridgehead atoms. The molecule has 0 amide bonds. The molecule has 0 radical (unpaired) electrons. The van der Waals surface area contributed by atoms with Crippen molar-refractivity contribution >= 4 is 11.7 Å². The Labute approximate surface area is 98.5 Å². The largest absolute Gasteiger partial charge is 0.275 e. The van der Waals surface area contributed by atoms with Crippen LogP contribution in [0, 0.1) is 0 Å². The summed E-state index contributed by atoms with van der Waals surface area (Å²) < 4.78 is 2.06. The van der Waals surface area contributed by atoms with Crippen molar-refractivity contribution in [2.45, 2.75) is 13.8 Å². The minimum Gasteiger partial charge on any atom is -0.275 e. The highest BCUT2D eigenvalue weighted by Gasteiger charge is 2.37. The van der Waals surface area contributed by atoms with Gasteiger partial charge in [-0.2, -0.15) is 0 Å². The zero-order chi connectivity index (χ0) is 11.8. The molecule has 0 aromatic carbocycles. The lowest BCUT2D eigenvalue weighted by atomic mass is 10.3. The Morgan fingerprint density at radius 1 is 0.875 bits per heavy atom. The standard InChI is InChI=1S/C12H24N4/c1-11-13-5-7-15(11,3)9-10-16(4)8-6-14-12(16)2/h5-10H2,1-4H3/q+2. The maximum Gasteiger partial charge on any atom is 0.195 e. The van der Waals surface area contributed by atoms with Crippen LogP contribution in [-0.4, -0.2) is 74.0 Å². The summed E-state index contributed by atoms with van der Waals surface area (Å²) in [4.78, 5) is 9.06. The molecule has 0 saturated heterocycles. The van der Waals surface area contributed by atoms with Crippen LogP contribution in [0.25, 0.3) is 0 Å². The topological polar surface area (TPSA) is 24.7 Å². The van der Waals surface area contributed by atoms with Crippen molar-refractivity contribution in [1.29, 1.82) is 0 Å². The van der Waals surface area contributed by atoms with Crippen LogP contribution in [0.15, 0.2) is 9.98 Å². The van der Waals surface area contributed by atoms with Gasteiger partial charge < -0.3 is 0 Å². The van der Waals surface area contributed by atoms with E-state index < -0.39 is 0 Å². The monoisotopic (exact) mass is 224 g/mol. The molecule has 4 heteroatoms. The Bertz CT molecular complexity index is 313. The fraction of sp³-hybridized carbons (Fsp3) is 0.833. The molecule has 0 saturated carbocycles. The molecular weight excluding hydrogens is 200 g/mol. The zero-order valence-corrected chi connectivity index (χ0v) is 11.0.